The van der Waals surface area contributed by atoms with Crippen LogP contribution in [0.2, 0.25) is 5.02 Å². The average molecular weight is 558 g/mol. The Morgan fingerprint density at radius 1 is 1.05 bits per heavy atom. The van der Waals surface area contributed by atoms with E-state index in [1.807, 2.05) is 25.7 Å². The summed E-state index contributed by atoms with van der Waals surface area (Å²) in [6, 6.07) is 11.1. The van der Waals surface area contributed by atoms with Gasteiger partial charge in [-0.25, -0.2) is 8.87 Å². The molecule has 39 heavy (non-hydrogen) atoms. The highest BCUT2D eigenvalue weighted by atomic mass is 35.5. The van der Waals surface area contributed by atoms with E-state index in [0.29, 0.717) is 62.5 Å². The fraction of sp³-hybridized carbons (Fsp3) is 0.548. The zero-order valence-electron chi connectivity index (χ0n) is 23.6. The number of benzene rings is 2. The number of nitrogens with zero attached hydrogens (tertiary/aromatic N) is 3. The molecule has 2 saturated heterocycles. The maximum atomic E-state index is 15.8. The minimum absolute atomic E-state index is 0.0952. The van der Waals surface area contributed by atoms with Crippen molar-refractivity contribution in [3.05, 3.63) is 52.8 Å². The van der Waals surface area contributed by atoms with Crippen LogP contribution < -0.4 is 8.97 Å². The summed E-state index contributed by atoms with van der Waals surface area (Å²) in [4.78, 5) is 28.9. The van der Waals surface area contributed by atoms with Crippen molar-refractivity contribution in [2.45, 2.75) is 59.3 Å². The van der Waals surface area contributed by atoms with Crippen molar-refractivity contribution in [3.8, 4) is 0 Å². The number of halogens is 2. The SMILES string of the molecule is CCCCOC(=O)[N+]12CCC(CC1)c1cccc([N+]3(c4ccc(Cl)cc4F)CCN(C(=O)C(C)(C)C)CC3)c12. The van der Waals surface area contributed by atoms with Gasteiger partial charge in [0.05, 0.1) is 32.8 Å². The molecule has 0 radical (unpaired) electrons. The summed E-state index contributed by atoms with van der Waals surface area (Å²) in [7, 11) is 0. The minimum Gasteiger partial charge on any atom is -0.420 e. The van der Waals surface area contributed by atoms with Crippen molar-refractivity contribution >= 4 is 40.7 Å². The Hall–Kier alpha value is -2.48. The van der Waals surface area contributed by atoms with Gasteiger partial charge >= 0.3 is 6.09 Å². The third-order valence-corrected chi connectivity index (χ3v) is 9.20. The van der Waals surface area contributed by atoms with E-state index in [9.17, 15) is 9.59 Å². The second-order valence-electron chi connectivity index (χ2n) is 12.4. The van der Waals surface area contributed by atoms with E-state index in [4.69, 9.17) is 16.3 Å². The van der Waals surface area contributed by atoms with Crippen LogP contribution in [0.1, 0.15) is 64.9 Å². The zero-order chi connectivity index (χ0) is 28.0. The Morgan fingerprint density at radius 3 is 2.36 bits per heavy atom. The van der Waals surface area contributed by atoms with E-state index in [0.717, 1.165) is 37.1 Å². The van der Waals surface area contributed by atoms with E-state index >= 15 is 4.39 Å². The van der Waals surface area contributed by atoms with Crippen molar-refractivity contribution in [3.63, 3.8) is 0 Å². The number of amides is 2. The largest absolute Gasteiger partial charge is 0.521 e. The predicted molar refractivity (Wildman–Crippen MR) is 155 cm³/mol. The highest BCUT2D eigenvalue weighted by Gasteiger charge is 2.57. The first kappa shape index (κ1) is 28.1. The zero-order valence-corrected chi connectivity index (χ0v) is 24.4. The van der Waals surface area contributed by atoms with Crippen LogP contribution in [0.25, 0.3) is 0 Å². The average Bonchev–Trinajstić information content (AvgIpc) is 2.92. The topological polar surface area (TPSA) is 46.6 Å². The number of rotatable bonds is 5. The van der Waals surface area contributed by atoms with Crippen molar-refractivity contribution < 1.29 is 18.7 Å². The number of piperazine rings is 1. The maximum absolute atomic E-state index is 15.8. The molecule has 210 valence electrons. The summed E-state index contributed by atoms with van der Waals surface area (Å²) < 4.78 is 22.1. The van der Waals surface area contributed by atoms with E-state index in [1.54, 1.807) is 12.1 Å². The first-order chi connectivity index (χ1) is 18.5. The molecule has 0 unspecified atom stereocenters. The minimum atomic E-state index is -0.493. The van der Waals surface area contributed by atoms with Crippen LogP contribution in [0.3, 0.4) is 0 Å². The second-order valence-corrected chi connectivity index (χ2v) is 12.9. The number of carbonyl (C=O) groups excluding carboxylic acids is 2. The highest BCUT2D eigenvalue weighted by Crippen LogP contribution is 2.55. The van der Waals surface area contributed by atoms with E-state index in [-0.39, 0.29) is 26.8 Å². The van der Waals surface area contributed by atoms with Crippen LogP contribution in [-0.4, -0.2) is 62.8 Å². The summed E-state index contributed by atoms with van der Waals surface area (Å²) in [5.74, 6) is 0.101. The quantitative estimate of drug-likeness (QED) is 0.290. The molecule has 2 aromatic carbocycles. The van der Waals surface area contributed by atoms with Crippen LogP contribution in [-0.2, 0) is 9.53 Å². The lowest BCUT2D eigenvalue weighted by Crippen LogP contribution is -2.64. The number of unbranched alkanes of at least 4 members (excludes halogenated alkanes) is 1. The lowest BCUT2D eigenvalue weighted by atomic mass is 9.80. The van der Waals surface area contributed by atoms with Crippen LogP contribution in [0.4, 0.5) is 26.2 Å². The molecule has 2 aromatic rings. The maximum Gasteiger partial charge on any atom is 0.521 e. The van der Waals surface area contributed by atoms with Crippen molar-refractivity contribution in [2.24, 2.45) is 5.41 Å². The first-order valence-electron chi connectivity index (χ1n) is 14.3. The molecular weight excluding hydrogens is 517 g/mol. The molecule has 8 heteroatoms. The molecular formula is C31H41ClFN3O3+2. The van der Waals surface area contributed by atoms with Crippen LogP contribution in [0.5, 0.6) is 0 Å². The van der Waals surface area contributed by atoms with Gasteiger partial charge in [0.15, 0.2) is 11.5 Å². The normalized spacial score (nSPS) is 23.8. The summed E-state index contributed by atoms with van der Waals surface area (Å²) in [6.07, 6.45) is 3.45. The van der Waals surface area contributed by atoms with Gasteiger partial charge in [-0.1, -0.05) is 57.8 Å². The van der Waals surface area contributed by atoms with Crippen LogP contribution in [0, 0.1) is 11.2 Å². The van der Waals surface area contributed by atoms with Gasteiger partial charge in [0, 0.05) is 46.9 Å². The number of ether oxygens (including phenoxy) is 1. The van der Waals surface area contributed by atoms with Gasteiger partial charge in [0.2, 0.25) is 17.3 Å². The van der Waals surface area contributed by atoms with E-state index < -0.39 is 5.41 Å². The van der Waals surface area contributed by atoms with E-state index in [2.05, 4.69) is 25.1 Å². The van der Waals surface area contributed by atoms with Crippen molar-refractivity contribution in [1.29, 1.82) is 0 Å². The fourth-order valence-corrected chi connectivity index (χ4v) is 7.02. The number of quaternary nitrogens is 2. The number of carbonyl (C=O) groups is 2. The molecule has 4 heterocycles. The number of fused-ring (bicyclic) bond motifs is 2. The third kappa shape index (κ3) is 4.76. The van der Waals surface area contributed by atoms with Gasteiger partial charge < -0.3 is 9.64 Å². The Kier molecular flexibility index (Phi) is 7.55. The molecule has 6 nitrogen and oxygen atoms in total. The van der Waals surface area contributed by atoms with Crippen molar-refractivity contribution in [2.75, 3.05) is 45.9 Å². The standard InChI is InChI=1S/C31H41ClFN3O3/c1-5-6-20-39-30(38)36-16-12-22(13-17-36)24-8-7-9-27(28(24)36)35(26-11-10-23(32)21-25(26)33)18-14-34(15-19-35)29(37)31(2,3)4/h7-11,21-22H,5-6,12-20H2,1-4H3/q+2. The summed E-state index contributed by atoms with van der Waals surface area (Å²) in [6.45, 7) is 11.7. The van der Waals surface area contributed by atoms with Gasteiger partial charge in [-0.2, -0.15) is 9.28 Å². The first-order valence-corrected chi connectivity index (χ1v) is 14.7. The molecule has 2 amide bonds. The van der Waals surface area contributed by atoms with Crippen LogP contribution >= 0.6 is 11.6 Å². The summed E-state index contributed by atoms with van der Waals surface area (Å²) in [5, 5.41) is 0.344. The number of hydrogen-bond acceptors (Lipinski definition) is 3. The summed E-state index contributed by atoms with van der Waals surface area (Å²) >= 11 is 6.19. The number of hydrogen-bond donors (Lipinski definition) is 0. The second kappa shape index (κ2) is 10.5. The van der Waals surface area contributed by atoms with Gasteiger partial charge in [-0.3, -0.25) is 4.79 Å². The lowest BCUT2D eigenvalue weighted by molar-refractivity contribution is -0.140. The molecule has 0 aliphatic carbocycles. The van der Waals surface area contributed by atoms with Gasteiger partial charge in [-0.15, -0.1) is 0 Å². The number of para-hydroxylation sites is 1. The molecule has 2 bridgehead atoms. The van der Waals surface area contributed by atoms with Gasteiger partial charge in [0.1, 0.15) is 13.1 Å². The fourth-order valence-electron chi connectivity index (χ4n) is 6.86. The Bertz CT molecular complexity index is 1260. The van der Waals surface area contributed by atoms with Crippen molar-refractivity contribution in [1.82, 2.24) is 13.9 Å². The molecule has 2 fully saturated rings. The Labute approximate surface area is 236 Å². The smallest absolute Gasteiger partial charge is 0.420 e. The highest BCUT2D eigenvalue weighted by molar-refractivity contribution is 6.30. The monoisotopic (exact) mass is 557 g/mol. The Morgan fingerprint density at radius 2 is 1.74 bits per heavy atom. The lowest BCUT2D eigenvalue weighted by Gasteiger charge is -2.50. The van der Waals surface area contributed by atoms with Gasteiger partial charge in [0.25, 0.3) is 0 Å². The predicted octanol–water partition coefficient (Wildman–Crippen LogP) is 7.14. The van der Waals surface area contributed by atoms with Gasteiger partial charge in [-0.05, 0) is 18.6 Å². The molecule has 0 aromatic heterocycles. The molecule has 0 saturated carbocycles. The molecule has 0 atom stereocenters. The Balaban J connectivity index is 1.65. The summed E-state index contributed by atoms with van der Waals surface area (Å²) in [5.41, 5.74) is 3.13. The molecule has 0 N–H and O–H groups in total. The molecule has 4 aliphatic heterocycles. The molecule has 6 rings (SSSR count). The molecule has 4 aliphatic rings. The van der Waals surface area contributed by atoms with Crippen LogP contribution in [0.15, 0.2) is 36.4 Å². The van der Waals surface area contributed by atoms with E-state index in [1.165, 1.54) is 11.6 Å². The third-order valence-electron chi connectivity index (χ3n) is 8.97. The number of piperidine rings is 1. The molecule has 0 spiro atoms.